The molecule has 1 aliphatic carbocycles. The third-order valence-corrected chi connectivity index (χ3v) is 13.2. The van der Waals surface area contributed by atoms with Crippen molar-refractivity contribution in [3.63, 3.8) is 0 Å². The largest absolute Gasteiger partial charge is 0.455 e. The molecule has 0 saturated heterocycles. The monoisotopic (exact) mass is 819 g/mol. The van der Waals surface area contributed by atoms with E-state index in [9.17, 15) is 0 Å². The predicted octanol–water partition coefficient (Wildman–Crippen LogP) is 15.6. The Bertz CT molecular complexity index is 3560. The minimum Gasteiger partial charge on any atom is -0.455 e. The highest BCUT2D eigenvalue weighted by molar-refractivity contribution is 6.26. The van der Waals surface area contributed by atoms with Gasteiger partial charge >= 0.3 is 0 Å². The lowest BCUT2D eigenvalue weighted by atomic mass is 9.75. The van der Waals surface area contributed by atoms with Crippen molar-refractivity contribution in [3.05, 3.63) is 223 Å². The van der Waals surface area contributed by atoms with Crippen molar-refractivity contribution >= 4 is 21.9 Å². The second-order valence-electron chi connectivity index (χ2n) is 16.7. The molecule has 1 aliphatic rings. The summed E-state index contributed by atoms with van der Waals surface area (Å²) in [4.78, 5) is 0. The molecule has 0 unspecified atom stereocenters. The third-order valence-electron chi connectivity index (χ3n) is 13.2. The van der Waals surface area contributed by atoms with Gasteiger partial charge in [-0.3, -0.25) is 0 Å². The summed E-state index contributed by atoms with van der Waals surface area (Å²) >= 11 is 0. The number of aromatic nitrogens is 3. The summed E-state index contributed by atoms with van der Waals surface area (Å²) in [5.41, 5.74) is 24.5. The first-order chi connectivity index (χ1) is 31.6. The van der Waals surface area contributed by atoms with Crippen molar-refractivity contribution in [2.45, 2.75) is 20.3 Å². The number of rotatable bonds is 7. The number of furan rings is 1. The number of hydrogen-bond acceptors (Lipinski definition) is 4. The van der Waals surface area contributed by atoms with Crippen LogP contribution in [0.4, 0.5) is 0 Å². The van der Waals surface area contributed by atoms with E-state index in [1.165, 1.54) is 44.5 Å². The van der Waals surface area contributed by atoms with Crippen LogP contribution in [0.1, 0.15) is 22.3 Å². The molecular weight excluding hydrogens is 779 g/mol. The van der Waals surface area contributed by atoms with Crippen LogP contribution < -0.4 is 0 Å². The van der Waals surface area contributed by atoms with Crippen LogP contribution >= 0.6 is 0 Å². The highest BCUT2D eigenvalue weighted by Gasteiger charge is 2.34. The second-order valence-corrected chi connectivity index (χ2v) is 16.7. The highest BCUT2D eigenvalue weighted by atomic mass is 16.3. The Hall–Kier alpha value is -8.21. The number of fused-ring (bicyclic) bond motifs is 6. The third kappa shape index (κ3) is 5.95. The zero-order valence-corrected chi connectivity index (χ0v) is 35.5. The summed E-state index contributed by atoms with van der Waals surface area (Å²) in [6.07, 6.45) is 2.58. The van der Waals surface area contributed by atoms with E-state index in [4.69, 9.17) is 9.52 Å². The van der Waals surface area contributed by atoms with E-state index in [2.05, 4.69) is 212 Å². The molecule has 0 fully saturated rings. The van der Waals surface area contributed by atoms with Crippen LogP contribution in [0.15, 0.2) is 205 Å². The molecule has 9 aromatic carbocycles. The maximum absolute atomic E-state index is 7.27. The molecule has 0 N–H and O–H groups in total. The van der Waals surface area contributed by atoms with Gasteiger partial charge in [-0.2, -0.15) is 0 Å². The van der Waals surface area contributed by atoms with Gasteiger partial charge < -0.3 is 4.42 Å². The fourth-order valence-electron chi connectivity index (χ4n) is 10.3. The Morgan fingerprint density at radius 3 is 1.72 bits per heavy atom. The average Bonchev–Trinajstić information content (AvgIpc) is 3.93. The predicted molar refractivity (Wildman–Crippen MR) is 263 cm³/mol. The molecule has 0 saturated carbocycles. The van der Waals surface area contributed by atoms with Crippen LogP contribution in [-0.4, -0.2) is 15.4 Å². The molecule has 4 nitrogen and oxygen atoms in total. The first-order valence-corrected chi connectivity index (χ1v) is 21.9. The van der Waals surface area contributed by atoms with Crippen molar-refractivity contribution in [1.82, 2.24) is 15.4 Å². The van der Waals surface area contributed by atoms with Gasteiger partial charge in [-0.15, -0.1) is 10.2 Å². The van der Waals surface area contributed by atoms with Gasteiger partial charge in [0.05, 0.1) is 11.9 Å². The second kappa shape index (κ2) is 15.3. The van der Waals surface area contributed by atoms with Crippen LogP contribution in [0.3, 0.4) is 0 Å². The van der Waals surface area contributed by atoms with Crippen molar-refractivity contribution in [3.8, 4) is 89.1 Å². The number of hydrogen-bond donors (Lipinski definition) is 0. The van der Waals surface area contributed by atoms with Gasteiger partial charge in [-0.1, -0.05) is 182 Å². The van der Waals surface area contributed by atoms with Gasteiger partial charge in [0, 0.05) is 33.0 Å². The molecule has 64 heavy (non-hydrogen) atoms. The number of nitrogens with zero attached hydrogens (tertiary/aromatic N) is 3. The van der Waals surface area contributed by atoms with Crippen molar-refractivity contribution in [1.29, 1.82) is 0 Å². The molecule has 0 bridgehead atoms. The normalized spacial score (nSPS) is 11.8. The van der Waals surface area contributed by atoms with Gasteiger partial charge in [-0.25, -0.2) is 0 Å². The molecule has 0 atom stereocenters. The molecule has 0 amide bonds. The van der Waals surface area contributed by atoms with Gasteiger partial charge in [0.1, 0.15) is 11.2 Å². The van der Waals surface area contributed by atoms with E-state index < -0.39 is 0 Å². The summed E-state index contributed by atoms with van der Waals surface area (Å²) in [5.74, 6) is 0. The van der Waals surface area contributed by atoms with E-state index in [1.807, 2.05) is 6.07 Å². The molecule has 4 heteroatoms. The molecule has 302 valence electrons. The van der Waals surface area contributed by atoms with E-state index in [-0.39, 0.29) is 0 Å². The molecule has 0 aliphatic heterocycles. The SMILES string of the molecule is Cc1cc2c(c(-c3c(-c4ccccc4)c(-c4ccccc4)c4oc5ccccc5c4c3-c3ccc(-c4ccccc4)c(-c4ccccc4)c3-c3ccnnn3)c1C)Cc1ccccc1-2. The summed E-state index contributed by atoms with van der Waals surface area (Å²) in [6.45, 7) is 4.58. The van der Waals surface area contributed by atoms with Gasteiger partial charge in [0.15, 0.2) is 0 Å². The minimum absolute atomic E-state index is 0.737. The molecule has 0 spiro atoms. The van der Waals surface area contributed by atoms with E-state index in [0.717, 1.165) is 95.3 Å². The number of para-hydroxylation sites is 1. The Labute approximate surface area is 372 Å². The molecule has 11 aromatic rings. The Balaban J connectivity index is 1.38. The zero-order chi connectivity index (χ0) is 42.7. The van der Waals surface area contributed by atoms with Crippen LogP contribution in [0.5, 0.6) is 0 Å². The topological polar surface area (TPSA) is 51.8 Å². The van der Waals surface area contributed by atoms with Crippen LogP contribution in [0.2, 0.25) is 0 Å². The van der Waals surface area contributed by atoms with Gasteiger partial charge in [-0.05, 0) is 121 Å². The van der Waals surface area contributed by atoms with E-state index >= 15 is 0 Å². The highest BCUT2D eigenvalue weighted by Crippen LogP contribution is 2.58. The van der Waals surface area contributed by atoms with E-state index in [0.29, 0.717) is 0 Å². The van der Waals surface area contributed by atoms with Crippen molar-refractivity contribution in [2.75, 3.05) is 0 Å². The Morgan fingerprint density at radius 2 is 1.03 bits per heavy atom. The van der Waals surface area contributed by atoms with Gasteiger partial charge in [0.2, 0.25) is 0 Å². The molecule has 12 rings (SSSR count). The summed E-state index contributed by atoms with van der Waals surface area (Å²) in [6, 6.07) is 69.6. The van der Waals surface area contributed by atoms with Gasteiger partial charge in [0.25, 0.3) is 0 Å². The zero-order valence-electron chi connectivity index (χ0n) is 35.5. The molecule has 0 radical (unpaired) electrons. The lowest BCUT2D eigenvalue weighted by molar-refractivity contribution is 0.670. The number of aryl methyl sites for hydroxylation is 1. The van der Waals surface area contributed by atoms with Crippen LogP contribution in [0, 0.1) is 13.8 Å². The molecular formula is C60H41N3O. The first kappa shape index (κ1) is 37.5. The average molecular weight is 820 g/mol. The quantitative estimate of drug-likeness (QED) is 0.161. The van der Waals surface area contributed by atoms with Crippen LogP contribution in [0.25, 0.3) is 111 Å². The Kier molecular flexibility index (Phi) is 8.98. The summed E-state index contributed by atoms with van der Waals surface area (Å²) in [5, 5.41) is 15.5. The lowest BCUT2D eigenvalue weighted by Crippen LogP contribution is -2.04. The lowest BCUT2D eigenvalue weighted by Gasteiger charge is -2.27. The summed E-state index contributed by atoms with van der Waals surface area (Å²) < 4.78 is 7.27. The fraction of sp³-hybridized carbons (Fsp3) is 0.0500. The van der Waals surface area contributed by atoms with Crippen molar-refractivity contribution in [2.24, 2.45) is 0 Å². The van der Waals surface area contributed by atoms with Crippen molar-refractivity contribution < 1.29 is 4.42 Å². The maximum atomic E-state index is 7.27. The minimum atomic E-state index is 0.737. The van der Waals surface area contributed by atoms with Crippen LogP contribution in [-0.2, 0) is 6.42 Å². The molecule has 2 aromatic heterocycles. The number of benzene rings is 9. The Morgan fingerprint density at radius 1 is 0.438 bits per heavy atom. The fourth-order valence-corrected chi connectivity index (χ4v) is 10.3. The molecule has 2 heterocycles. The first-order valence-electron chi connectivity index (χ1n) is 21.9. The summed E-state index contributed by atoms with van der Waals surface area (Å²) in [7, 11) is 0. The standard InChI is InChI=1S/C60H41N3O/c1-37-35-48-44-28-16-15-27-43(44)36-49(48)52(38(37)2)59-54(41-23-11-5-12-24-41)55(42-25-13-6-14-26-42)60-58(46-29-17-18-30-51(46)64-60)57(59)47-32-31-45(39-19-7-3-8-20-39)53(40-21-9-4-10-22-40)56(47)50-33-34-61-63-62-50/h3-35H,36H2,1-2H3. The maximum Gasteiger partial charge on any atom is 0.144 e. The smallest absolute Gasteiger partial charge is 0.144 e. The van der Waals surface area contributed by atoms with E-state index in [1.54, 1.807) is 6.20 Å².